The molecule has 1 atom stereocenters. The zero-order valence-corrected chi connectivity index (χ0v) is 15.8. The summed E-state index contributed by atoms with van der Waals surface area (Å²) in [5, 5.41) is 22.8. The van der Waals surface area contributed by atoms with Gasteiger partial charge in [0.25, 0.3) is 0 Å². The predicted octanol–water partition coefficient (Wildman–Crippen LogP) is 4.24. The van der Waals surface area contributed by atoms with Crippen LogP contribution in [-0.4, -0.2) is 51.5 Å². The van der Waals surface area contributed by atoms with E-state index < -0.39 is 11.9 Å². The van der Waals surface area contributed by atoms with Gasteiger partial charge in [0.05, 0.1) is 16.8 Å². The van der Waals surface area contributed by atoms with E-state index in [-0.39, 0.29) is 11.9 Å². The highest BCUT2D eigenvalue weighted by Crippen LogP contribution is 2.29. The molecule has 8 heteroatoms. The number of hydrogen-bond donors (Lipinski definition) is 4. The molecule has 4 rings (SSSR count). The molecule has 29 heavy (non-hydrogen) atoms. The number of hydrogen-bond acceptors (Lipinski definition) is 4. The van der Waals surface area contributed by atoms with Crippen molar-refractivity contribution in [2.24, 2.45) is 4.99 Å². The maximum absolute atomic E-state index is 14.1. The standard InChI is InChI=1S/C21H21FN4O3/c1-12-9-13(5-6-17(12)24-14-7-8-26(11-14)21(28)29)23-10-15-19-16(22)3-2-4-18(19)25-20(15)27/h2-6,9-10,14,24-25,27H,7-8,11H2,1H3,(H,28,29). The van der Waals surface area contributed by atoms with Gasteiger partial charge in [-0.15, -0.1) is 0 Å². The first-order chi connectivity index (χ1) is 13.9. The summed E-state index contributed by atoms with van der Waals surface area (Å²) >= 11 is 0. The molecule has 1 saturated heterocycles. The van der Waals surface area contributed by atoms with Gasteiger partial charge in [-0.2, -0.15) is 0 Å². The summed E-state index contributed by atoms with van der Waals surface area (Å²) in [6.45, 7) is 2.92. The number of carbonyl (C=O) groups is 1. The lowest BCUT2D eigenvalue weighted by atomic mass is 10.1. The molecule has 0 radical (unpaired) electrons. The normalized spacial score (nSPS) is 16.8. The van der Waals surface area contributed by atoms with Crippen molar-refractivity contribution in [2.75, 3.05) is 18.4 Å². The Balaban J connectivity index is 1.52. The van der Waals surface area contributed by atoms with Gasteiger partial charge in [0, 0.05) is 36.4 Å². The lowest BCUT2D eigenvalue weighted by Crippen LogP contribution is -2.30. The molecule has 0 saturated carbocycles. The lowest BCUT2D eigenvalue weighted by molar-refractivity contribution is 0.155. The molecule has 1 aliphatic heterocycles. The SMILES string of the molecule is Cc1cc(N=Cc2c(O)[nH]c3cccc(F)c23)ccc1NC1CCN(C(=O)O)C1. The second-order valence-electron chi connectivity index (χ2n) is 7.17. The van der Waals surface area contributed by atoms with Crippen LogP contribution in [0.25, 0.3) is 10.9 Å². The number of amides is 1. The topological polar surface area (TPSA) is 101 Å². The van der Waals surface area contributed by atoms with E-state index in [0.717, 1.165) is 17.7 Å². The van der Waals surface area contributed by atoms with Gasteiger partial charge in [0.2, 0.25) is 0 Å². The molecule has 3 aromatic rings. The van der Waals surface area contributed by atoms with Crippen molar-refractivity contribution in [2.45, 2.75) is 19.4 Å². The number of H-pyrrole nitrogens is 1. The number of aromatic hydroxyl groups is 1. The molecular weight excluding hydrogens is 375 g/mol. The molecule has 1 amide bonds. The van der Waals surface area contributed by atoms with Gasteiger partial charge < -0.3 is 25.4 Å². The summed E-state index contributed by atoms with van der Waals surface area (Å²) in [7, 11) is 0. The Morgan fingerprint density at radius 3 is 2.93 bits per heavy atom. The maximum atomic E-state index is 14.1. The summed E-state index contributed by atoms with van der Waals surface area (Å²) in [6.07, 6.45) is 1.31. The first-order valence-corrected chi connectivity index (χ1v) is 9.30. The number of nitrogens with one attached hydrogen (secondary N) is 2. The number of carboxylic acid groups (broad SMARTS) is 1. The third-order valence-corrected chi connectivity index (χ3v) is 5.16. The maximum Gasteiger partial charge on any atom is 0.407 e. The van der Waals surface area contributed by atoms with Crippen LogP contribution in [0, 0.1) is 12.7 Å². The van der Waals surface area contributed by atoms with Crippen molar-refractivity contribution in [1.82, 2.24) is 9.88 Å². The number of benzene rings is 2. The van der Waals surface area contributed by atoms with Crippen LogP contribution in [0.3, 0.4) is 0 Å². The number of fused-ring (bicyclic) bond motifs is 1. The van der Waals surface area contributed by atoms with Crippen molar-refractivity contribution in [3.05, 3.63) is 53.3 Å². The number of aromatic amines is 1. The minimum Gasteiger partial charge on any atom is -0.494 e. The zero-order valence-electron chi connectivity index (χ0n) is 15.8. The number of aliphatic imine (C=N–C) groups is 1. The van der Waals surface area contributed by atoms with Crippen LogP contribution in [0.4, 0.5) is 20.6 Å². The van der Waals surface area contributed by atoms with Crippen molar-refractivity contribution < 1.29 is 19.4 Å². The van der Waals surface area contributed by atoms with Crippen LogP contribution in [0.15, 0.2) is 41.4 Å². The van der Waals surface area contributed by atoms with Crippen LogP contribution in [0.2, 0.25) is 0 Å². The number of likely N-dealkylation sites (tertiary alicyclic amines) is 1. The minimum absolute atomic E-state index is 0.0743. The van der Waals surface area contributed by atoms with Crippen LogP contribution >= 0.6 is 0 Å². The molecule has 4 N–H and O–H groups in total. The molecule has 0 aliphatic carbocycles. The fraction of sp³-hybridized carbons (Fsp3) is 0.238. The van der Waals surface area contributed by atoms with Crippen molar-refractivity contribution in [3.63, 3.8) is 0 Å². The molecule has 0 spiro atoms. The van der Waals surface area contributed by atoms with E-state index in [0.29, 0.717) is 35.2 Å². The average Bonchev–Trinajstić information content (AvgIpc) is 3.27. The third kappa shape index (κ3) is 3.73. The second kappa shape index (κ2) is 7.46. The van der Waals surface area contributed by atoms with Crippen molar-refractivity contribution in [3.8, 4) is 5.88 Å². The molecule has 1 fully saturated rings. The monoisotopic (exact) mass is 396 g/mol. The number of rotatable bonds is 4. The quantitative estimate of drug-likeness (QED) is 0.496. The number of aryl methyl sites for hydroxylation is 1. The average molecular weight is 396 g/mol. The van der Waals surface area contributed by atoms with E-state index in [1.807, 2.05) is 25.1 Å². The van der Waals surface area contributed by atoms with E-state index in [1.165, 1.54) is 17.2 Å². The second-order valence-corrected chi connectivity index (χ2v) is 7.17. The van der Waals surface area contributed by atoms with E-state index in [4.69, 9.17) is 5.11 Å². The minimum atomic E-state index is -0.896. The Morgan fingerprint density at radius 2 is 2.21 bits per heavy atom. The Labute approximate surface area is 166 Å². The van der Waals surface area contributed by atoms with Crippen LogP contribution < -0.4 is 5.32 Å². The first-order valence-electron chi connectivity index (χ1n) is 9.30. The molecular formula is C21H21FN4O3. The largest absolute Gasteiger partial charge is 0.494 e. The summed E-state index contributed by atoms with van der Waals surface area (Å²) in [5.74, 6) is -0.559. The molecule has 1 unspecified atom stereocenters. The molecule has 7 nitrogen and oxygen atoms in total. The molecule has 1 aliphatic rings. The highest BCUT2D eigenvalue weighted by Gasteiger charge is 2.25. The van der Waals surface area contributed by atoms with Crippen molar-refractivity contribution >= 4 is 34.6 Å². The number of aromatic nitrogens is 1. The predicted molar refractivity (Wildman–Crippen MR) is 110 cm³/mol. The van der Waals surface area contributed by atoms with Gasteiger partial charge in [0.15, 0.2) is 5.88 Å². The lowest BCUT2D eigenvalue weighted by Gasteiger charge is -2.17. The smallest absolute Gasteiger partial charge is 0.407 e. The number of anilines is 1. The van der Waals surface area contributed by atoms with Gasteiger partial charge in [0.1, 0.15) is 5.82 Å². The van der Waals surface area contributed by atoms with Gasteiger partial charge in [-0.25, -0.2) is 9.18 Å². The van der Waals surface area contributed by atoms with E-state index in [1.54, 1.807) is 12.1 Å². The summed E-state index contributed by atoms with van der Waals surface area (Å²) in [4.78, 5) is 19.6. The van der Waals surface area contributed by atoms with E-state index in [2.05, 4.69) is 15.3 Å². The fourth-order valence-electron chi connectivity index (χ4n) is 3.64. The zero-order chi connectivity index (χ0) is 20.5. The van der Waals surface area contributed by atoms with Crippen LogP contribution in [0.1, 0.15) is 17.5 Å². The number of nitrogens with zero attached hydrogens (tertiary/aromatic N) is 2. The molecule has 2 aromatic carbocycles. The summed E-state index contributed by atoms with van der Waals surface area (Å²) in [6, 6.07) is 10.3. The van der Waals surface area contributed by atoms with E-state index in [9.17, 15) is 14.3 Å². The van der Waals surface area contributed by atoms with Crippen molar-refractivity contribution in [1.29, 1.82) is 0 Å². The summed E-state index contributed by atoms with van der Waals surface area (Å²) in [5.41, 5.74) is 3.35. The first kappa shape index (κ1) is 18.8. The van der Waals surface area contributed by atoms with Gasteiger partial charge in [-0.3, -0.25) is 4.99 Å². The third-order valence-electron chi connectivity index (χ3n) is 5.16. The number of halogens is 1. The Morgan fingerprint density at radius 1 is 1.38 bits per heavy atom. The fourth-order valence-corrected chi connectivity index (χ4v) is 3.64. The highest BCUT2D eigenvalue weighted by molar-refractivity contribution is 6.02. The van der Waals surface area contributed by atoms with E-state index >= 15 is 0 Å². The Bertz CT molecular complexity index is 1110. The summed E-state index contributed by atoms with van der Waals surface area (Å²) < 4.78 is 14.1. The van der Waals surface area contributed by atoms with Gasteiger partial charge in [-0.1, -0.05) is 6.07 Å². The Hall–Kier alpha value is -3.55. The molecule has 150 valence electrons. The van der Waals surface area contributed by atoms with Gasteiger partial charge >= 0.3 is 6.09 Å². The van der Waals surface area contributed by atoms with Crippen LogP contribution in [0.5, 0.6) is 5.88 Å². The van der Waals surface area contributed by atoms with Crippen LogP contribution in [-0.2, 0) is 0 Å². The highest BCUT2D eigenvalue weighted by atomic mass is 19.1. The van der Waals surface area contributed by atoms with Gasteiger partial charge in [-0.05, 0) is 49.2 Å². The Kier molecular flexibility index (Phi) is 4.84. The molecule has 0 bridgehead atoms. The molecule has 1 aromatic heterocycles. The molecule has 2 heterocycles.